The summed E-state index contributed by atoms with van der Waals surface area (Å²) in [5.41, 5.74) is 0.468. The third-order valence-corrected chi connectivity index (χ3v) is 4.59. The predicted octanol–water partition coefficient (Wildman–Crippen LogP) is 2.17. The van der Waals surface area contributed by atoms with Crippen molar-refractivity contribution in [2.45, 2.75) is 38.1 Å². The SMILES string of the molecule is O=C(O)NC(C(=O)CBr)C1CC2(CCC2)C1. The van der Waals surface area contributed by atoms with E-state index >= 15 is 0 Å². The highest BCUT2D eigenvalue weighted by molar-refractivity contribution is 9.09. The van der Waals surface area contributed by atoms with E-state index < -0.39 is 12.1 Å². The molecule has 2 N–H and O–H groups in total. The van der Waals surface area contributed by atoms with Crippen molar-refractivity contribution in [1.82, 2.24) is 5.32 Å². The highest BCUT2D eigenvalue weighted by Gasteiger charge is 2.51. The lowest BCUT2D eigenvalue weighted by Gasteiger charge is -2.55. The predicted molar refractivity (Wildman–Crippen MR) is 62.8 cm³/mol. The first-order valence-electron chi connectivity index (χ1n) is 5.64. The molecule has 0 aliphatic heterocycles. The van der Waals surface area contributed by atoms with Gasteiger partial charge in [-0.25, -0.2) is 4.79 Å². The molecule has 2 aliphatic carbocycles. The number of Topliss-reactive ketones (excluding diaryl/α,β-unsaturated/α-hetero) is 1. The maximum Gasteiger partial charge on any atom is 0.405 e. The number of ketones is 1. The van der Waals surface area contributed by atoms with Gasteiger partial charge in [-0.2, -0.15) is 0 Å². The molecule has 5 heteroatoms. The van der Waals surface area contributed by atoms with E-state index in [0.717, 1.165) is 12.8 Å². The van der Waals surface area contributed by atoms with E-state index in [-0.39, 0.29) is 17.0 Å². The van der Waals surface area contributed by atoms with Gasteiger partial charge >= 0.3 is 6.09 Å². The molecule has 2 aliphatic rings. The van der Waals surface area contributed by atoms with Crippen molar-refractivity contribution in [2.24, 2.45) is 11.3 Å². The molecule has 1 amide bonds. The van der Waals surface area contributed by atoms with Crippen molar-refractivity contribution < 1.29 is 14.7 Å². The van der Waals surface area contributed by atoms with Crippen LogP contribution in [0.4, 0.5) is 4.79 Å². The van der Waals surface area contributed by atoms with Gasteiger partial charge in [0, 0.05) is 0 Å². The van der Waals surface area contributed by atoms with Crippen LogP contribution in [0.3, 0.4) is 0 Å². The summed E-state index contributed by atoms with van der Waals surface area (Å²) in [4.78, 5) is 22.3. The lowest BCUT2D eigenvalue weighted by Crippen LogP contribution is -2.55. The van der Waals surface area contributed by atoms with Crippen molar-refractivity contribution in [3.63, 3.8) is 0 Å². The Morgan fingerprint density at radius 1 is 1.44 bits per heavy atom. The fraction of sp³-hybridized carbons (Fsp3) is 0.818. The zero-order valence-electron chi connectivity index (χ0n) is 9.04. The van der Waals surface area contributed by atoms with Gasteiger partial charge in [-0.1, -0.05) is 22.4 Å². The molecule has 0 radical (unpaired) electrons. The standard InChI is InChI=1S/C11H16BrNO3/c12-6-8(14)9(13-10(15)16)7-4-11(5-7)2-1-3-11/h7,9,13H,1-6H2,(H,15,16). The second-order valence-electron chi connectivity index (χ2n) is 5.05. The Labute approximate surface area is 103 Å². The van der Waals surface area contributed by atoms with Crippen molar-refractivity contribution in [3.05, 3.63) is 0 Å². The fourth-order valence-corrected chi connectivity index (χ4v) is 3.40. The molecule has 0 aromatic rings. The molecule has 1 unspecified atom stereocenters. The smallest absolute Gasteiger partial charge is 0.405 e. The third-order valence-electron chi connectivity index (χ3n) is 4.03. The number of nitrogens with one attached hydrogen (secondary N) is 1. The monoisotopic (exact) mass is 289 g/mol. The average molecular weight is 290 g/mol. The average Bonchev–Trinajstić information content (AvgIpc) is 2.09. The first kappa shape index (κ1) is 11.9. The molecule has 0 saturated heterocycles. The summed E-state index contributed by atoms with van der Waals surface area (Å²) in [5.74, 6) is 0.156. The van der Waals surface area contributed by atoms with Gasteiger partial charge < -0.3 is 10.4 Å². The number of carboxylic acid groups (broad SMARTS) is 1. The van der Waals surface area contributed by atoms with Crippen LogP contribution >= 0.6 is 15.9 Å². The Morgan fingerprint density at radius 3 is 2.44 bits per heavy atom. The van der Waals surface area contributed by atoms with Crippen LogP contribution in [0, 0.1) is 11.3 Å². The van der Waals surface area contributed by atoms with Crippen LogP contribution in [0.2, 0.25) is 0 Å². The fourth-order valence-electron chi connectivity index (χ4n) is 3.05. The summed E-state index contributed by atoms with van der Waals surface area (Å²) in [6, 6.07) is -0.511. The second-order valence-corrected chi connectivity index (χ2v) is 5.61. The van der Waals surface area contributed by atoms with E-state index in [9.17, 15) is 9.59 Å². The lowest BCUT2D eigenvalue weighted by atomic mass is 9.50. The van der Waals surface area contributed by atoms with Crippen LogP contribution < -0.4 is 5.32 Å². The van der Waals surface area contributed by atoms with E-state index in [1.165, 1.54) is 19.3 Å². The van der Waals surface area contributed by atoms with E-state index in [0.29, 0.717) is 5.41 Å². The van der Waals surface area contributed by atoms with Crippen LogP contribution in [-0.2, 0) is 4.79 Å². The minimum absolute atomic E-state index is 0.0541. The van der Waals surface area contributed by atoms with Crippen LogP contribution in [-0.4, -0.2) is 28.4 Å². The zero-order valence-corrected chi connectivity index (χ0v) is 10.6. The minimum atomic E-state index is -1.10. The van der Waals surface area contributed by atoms with Gasteiger partial charge in [0.2, 0.25) is 0 Å². The lowest BCUT2D eigenvalue weighted by molar-refractivity contribution is -0.124. The van der Waals surface area contributed by atoms with Crippen molar-refractivity contribution in [2.75, 3.05) is 5.33 Å². The molecule has 1 atom stereocenters. The van der Waals surface area contributed by atoms with E-state index in [4.69, 9.17) is 5.11 Å². The van der Waals surface area contributed by atoms with E-state index in [2.05, 4.69) is 21.2 Å². The molecule has 0 bridgehead atoms. The van der Waals surface area contributed by atoms with Gasteiger partial charge in [-0.15, -0.1) is 0 Å². The van der Waals surface area contributed by atoms with Gasteiger partial charge in [-0.05, 0) is 37.0 Å². The van der Waals surface area contributed by atoms with E-state index in [1.54, 1.807) is 0 Å². The summed E-state index contributed by atoms with van der Waals surface area (Å²) < 4.78 is 0. The molecule has 90 valence electrons. The molecular weight excluding hydrogens is 274 g/mol. The molecular formula is C11H16BrNO3. The third kappa shape index (κ3) is 2.10. The number of hydrogen-bond acceptors (Lipinski definition) is 2. The number of hydrogen-bond donors (Lipinski definition) is 2. The number of halogens is 1. The van der Waals surface area contributed by atoms with Gasteiger partial charge in [-0.3, -0.25) is 4.79 Å². The molecule has 2 saturated carbocycles. The Kier molecular flexibility index (Phi) is 3.24. The molecule has 0 aromatic carbocycles. The Morgan fingerprint density at radius 2 is 2.06 bits per heavy atom. The van der Waals surface area contributed by atoms with Gasteiger partial charge in [0.15, 0.2) is 5.78 Å². The summed E-state index contributed by atoms with van der Waals surface area (Å²) in [7, 11) is 0. The first-order chi connectivity index (χ1) is 7.56. The number of carbonyl (C=O) groups excluding carboxylic acids is 1. The maximum atomic E-state index is 11.6. The van der Waals surface area contributed by atoms with Crippen molar-refractivity contribution in [1.29, 1.82) is 0 Å². The molecule has 1 spiro atoms. The van der Waals surface area contributed by atoms with Crippen LogP contribution in [0.25, 0.3) is 0 Å². The minimum Gasteiger partial charge on any atom is -0.465 e. The van der Waals surface area contributed by atoms with Crippen molar-refractivity contribution >= 4 is 27.8 Å². The summed E-state index contributed by atoms with van der Waals surface area (Å²) in [6.45, 7) is 0. The summed E-state index contributed by atoms with van der Waals surface area (Å²) >= 11 is 3.10. The zero-order chi connectivity index (χ0) is 11.8. The molecule has 4 nitrogen and oxygen atoms in total. The Bertz CT molecular complexity index is 306. The largest absolute Gasteiger partial charge is 0.465 e. The Hall–Kier alpha value is -0.580. The Balaban J connectivity index is 1.92. The molecule has 2 rings (SSSR count). The molecule has 16 heavy (non-hydrogen) atoms. The molecule has 2 fully saturated rings. The van der Waals surface area contributed by atoms with Crippen LogP contribution in [0.5, 0.6) is 0 Å². The molecule has 0 heterocycles. The normalized spacial score (nSPS) is 24.3. The first-order valence-corrected chi connectivity index (χ1v) is 6.77. The maximum absolute atomic E-state index is 11.6. The highest BCUT2D eigenvalue weighted by Crippen LogP contribution is 2.59. The highest BCUT2D eigenvalue weighted by atomic mass is 79.9. The summed E-state index contributed by atoms with van der Waals surface area (Å²) in [5, 5.41) is 11.3. The number of amides is 1. The summed E-state index contributed by atoms with van der Waals surface area (Å²) in [6.07, 6.45) is 4.72. The number of carbonyl (C=O) groups is 2. The van der Waals surface area contributed by atoms with Gasteiger partial charge in [0.05, 0.1) is 11.4 Å². The van der Waals surface area contributed by atoms with Crippen LogP contribution in [0.1, 0.15) is 32.1 Å². The van der Waals surface area contributed by atoms with Crippen LogP contribution in [0.15, 0.2) is 0 Å². The quantitative estimate of drug-likeness (QED) is 0.780. The van der Waals surface area contributed by atoms with Gasteiger partial charge in [0.25, 0.3) is 0 Å². The van der Waals surface area contributed by atoms with E-state index in [1.807, 2.05) is 0 Å². The van der Waals surface area contributed by atoms with Crippen molar-refractivity contribution in [3.8, 4) is 0 Å². The van der Waals surface area contributed by atoms with Gasteiger partial charge in [0.1, 0.15) is 0 Å². The second kappa shape index (κ2) is 4.35. The number of alkyl halides is 1. The number of rotatable bonds is 4. The topological polar surface area (TPSA) is 66.4 Å². The molecule has 0 aromatic heterocycles.